The average Bonchev–Trinajstić information content (AvgIpc) is 3.12. The molecular formula is C19H20N4O3S3. The molecule has 29 heavy (non-hydrogen) atoms. The number of thioether (sulfide) groups is 1. The van der Waals surface area contributed by atoms with Crippen molar-refractivity contribution < 1.29 is 13.2 Å². The molecule has 1 N–H and O–H groups in total. The molecule has 0 atom stereocenters. The van der Waals surface area contributed by atoms with Gasteiger partial charge in [-0.15, -0.1) is 10.2 Å². The van der Waals surface area contributed by atoms with Gasteiger partial charge in [0, 0.05) is 5.75 Å². The molecule has 3 aromatic rings. The van der Waals surface area contributed by atoms with Crippen molar-refractivity contribution in [3.8, 4) is 0 Å². The van der Waals surface area contributed by atoms with Gasteiger partial charge in [-0.1, -0.05) is 71.1 Å². The molecule has 0 aliphatic heterocycles. The quantitative estimate of drug-likeness (QED) is 0.419. The number of nitrogens with one attached hydrogen (secondary N) is 1. The third-order valence-electron chi connectivity index (χ3n) is 3.87. The Hall–Kier alpha value is -2.43. The van der Waals surface area contributed by atoms with Gasteiger partial charge < -0.3 is 0 Å². The van der Waals surface area contributed by atoms with E-state index in [1.54, 1.807) is 24.3 Å². The maximum Gasteiger partial charge on any atom is 0.246 e. The third kappa shape index (κ3) is 6.28. The third-order valence-corrected chi connectivity index (χ3v) is 7.05. The van der Waals surface area contributed by atoms with E-state index in [0.29, 0.717) is 10.8 Å². The predicted molar refractivity (Wildman–Crippen MR) is 118 cm³/mol. The van der Waals surface area contributed by atoms with E-state index < -0.39 is 15.9 Å². The van der Waals surface area contributed by atoms with Crippen molar-refractivity contribution in [1.29, 1.82) is 0 Å². The summed E-state index contributed by atoms with van der Waals surface area (Å²) in [5, 5.41) is 11.0. The highest BCUT2D eigenvalue weighted by Crippen LogP contribution is 2.28. The number of aromatic nitrogens is 2. The monoisotopic (exact) mass is 448 g/mol. The highest BCUT2D eigenvalue weighted by atomic mass is 32.2. The van der Waals surface area contributed by atoms with Crippen molar-refractivity contribution >= 4 is 49.8 Å². The van der Waals surface area contributed by atoms with Crippen LogP contribution in [0.25, 0.3) is 0 Å². The molecule has 0 fully saturated rings. The summed E-state index contributed by atoms with van der Waals surface area (Å²) in [6.07, 6.45) is 1.07. The van der Waals surface area contributed by atoms with Crippen LogP contribution in [0, 0.1) is 6.92 Å². The summed E-state index contributed by atoms with van der Waals surface area (Å²) in [4.78, 5) is 12.4. The SMILES string of the molecule is Cc1ccc(N(CC(=O)Nc2nnc(SCc3ccccc3)s2)S(C)(=O)=O)cc1. The number of anilines is 2. The lowest BCUT2D eigenvalue weighted by Crippen LogP contribution is -2.37. The number of rotatable bonds is 8. The number of amides is 1. The van der Waals surface area contributed by atoms with E-state index in [9.17, 15) is 13.2 Å². The molecule has 3 rings (SSSR count). The van der Waals surface area contributed by atoms with Crippen LogP contribution in [0.5, 0.6) is 0 Å². The van der Waals surface area contributed by atoms with Crippen LogP contribution >= 0.6 is 23.1 Å². The van der Waals surface area contributed by atoms with E-state index in [2.05, 4.69) is 15.5 Å². The van der Waals surface area contributed by atoms with Crippen LogP contribution in [0.4, 0.5) is 10.8 Å². The van der Waals surface area contributed by atoms with Crippen molar-refractivity contribution in [2.45, 2.75) is 17.0 Å². The Morgan fingerprint density at radius 2 is 1.79 bits per heavy atom. The van der Waals surface area contributed by atoms with Crippen molar-refractivity contribution in [2.24, 2.45) is 0 Å². The molecule has 10 heteroatoms. The Morgan fingerprint density at radius 3 is 2.45 bits per heavy atom. The van der Waals surface area contributed by atoms with Gasteiger partial charge in [-0.2, -0.15) is 0 Å². The van der Waals surface area contributed by atoms with Crippen LogP contribution in [-0.4, -0.2) is 37.3 Å². The number of carbonyl (C=O) groups is 1. The lowest BCUT2D eigenvalue weighted by Gasteiger charge is -2.21. The number of benzene rings is 2. The number of nitrogens with zero attached hydrogens (tertiary/aromatic N) is 3. The van der Waals surface area contributed by atoms with Crippen molar-refractivity contribution in [3.05, 3.63) is 65.7 Å². The Kier molecular flexibility index (Phi) is 6.88. The fourth-order valence-electron chi connectivity index (χ4n) is 2.44. The summed E-state index contributed by atoms with van der Waals surface area (Å²) >= 11 is 2.78. The zero-order valence-electron chi connectivity index (χ0n) is 15.9. The molecule has 0 unspecified atom stereocenters. The molecule has 1 aromatic heterocycles. The lowest BCUT2D eigenvalue weighted by atomic mass is 10.2. The van der Waals surface area contributed by atoms with E-state index in [0.717, 1.165) is 26.2 Å². The molecule has 0 aliphatic carbocycles. The minimum atomic E-state index is -3.62. The van der Waals surface area contributed by atoms with Gasteiger partial charge in [0.25, 0.3) is 0 Å². The summed E-state index contributed by atoms with van der Waals surface area (Å²) in [7, 11) is -3.62. The summed E-state index contributed by atoms with van der Waals surface area (Å²) < 4.78 is 26.1. The van der Waals surface area contributed by atoms with Gasteiger partial charge >= 0.3 is 0 Å². The van der Waals surface area contributed by atoms with Gasteiger partial charge in [-0.25, -0.2) is 8.42 Å². The van der Waals surface area contributed by atoms with Crippen molar-refractivity contribution in [1.82, 2.24) is 10.2 Å². The van der Waals surface area contributed by atoms with Gasteiger partial charge in [0.2, 0.25) is 21.1 Å². The van der Waals surface area contributed by atoms with Gasteiger partial charge in [-0.05, 0) is 24.6 Å². The Bertz CT molecular complexity index is 1070. The van der Waals surface area contributed by atoms with Crippen LogP contribution in [0.3, 0.4) is 0 Å². The van der Waals surface area contributed by atoms with E-state index in [4.69, 9.17) is 0 Å². The van der Waals surface area contributed by atoms with Crippen LogP contribution in [0.15, 0.2) is 58.9 Å². The summed E-state index contributed by atoms with van der Waals surface area (Å²) in [5.41, 5.74) is 2.60. The van der Waals surface area contributed by atoms with Crippen molar-refractivity contribution in [2.75, 3.05) is 22.4 Å². The molecule has 2 aromatic carbocycles. The molecule has 0 spiro atoms. The molecule has 0 radical (unpaired) electrons. The van der Waals surface area contributed by atoms with Crippen LogP contribution in [0.2, 0.25) is 0 Å². The smallest absolute Gasteiger partial charge is 0.246 e. The van der Waals surface area contributed by atoms with Gasteiger partial charge in [0.15, 0.2) is 4.34 Å². The molecule has 7 nitrogen and oxygen atoms in total. The predicted octanol–water partition coefficient (Wildman–Crippen LogP) is 3.54. The summed E-state index contributed by atoms with van der Waals surface area (Å²) in [6, 6.07) is 16.9. The van der Waals surface area contributed by atoms with E-state index in [1.807, 2.05) is 37.3 Å². The maximum absolute atomic E-state index is 12.4. The minimum absolute atomic E-state index is 0.336. The first-order valence-electron chi connectivity index (χ1n) is 8.66. The lowest BCUT2D eigenvalue weighted by molar-refractivity contribution is -0.114. The standard InChI is InChI=1S/C19H20N4O3S3/c1-14-8-10-16(11-9-14)23(29(2,25)26)12-17(24)20-18-21-22-19(28-18)27-13-15-6-4-3-5-7-15/h3-11H,12-13H2,1-2H3,(H,20,21,24). The molecule has 0 saturated carbocycles. The Labute approximate surface area is 178 Å². The van der Waals surface area contributed by atoms with Crippen LogP contribution in [0.1, 0.15) is 11.1 Å². The van der Waals surface area contributed by atoms with Crippen LogP contribution in [-0.2, 0) is 20.6 Å². The number of aryl methyl sites for hydroxylation is 1. The fourth-order valence-corrected chi connectivity index (χ4v) is 5.02. The molecule has 1 heterocycles. The summed E-state index contributed by atoms with van der Waals surface area (Å²) in [6.45, 7) is 1.57. The Morgan fingerprint density at radius 1 is 1.10 bits per heavy atom. The zero-order valence-corrected chi connectivity index (χ0v) is 18.4. The number of sulfonamides is 1. The first kappa shape index (κ1) is 21.3. The van der Waals surface area contributed by atoms with E-state index in [-0.39, 0.29) is 6.54 Å². The minimum Gasteiger partial charge on any atom is -0.299 e. The highest BCUT2D eigenvalue weighted by molar-refractivity contribution is 8.00. The topological polar surface area (TPSA) is 92.3 Å². The highest BCUT2D eigenvalue weighted by Gasteiger charge is 2.21. The van der Waals surface area contributed by atoms with E-state index >= 15 is 0 Å². The van der Waals surface area contributed by atoms with E-state index in [1.165, 1.54) is 28.7 Å². The second-order valence-electron chi connectivity index (χ2n) is 6.30. The largest absolute Gasteiger partial charge is 0.299 e. The first-order valence-corrected chi connectivity index (χ1v) is 12.3. The molecule has 152 valence electrons. The number of carbonyl (C=O) groups excluding carboxylic acids is 1. The molecular weight excluding hydrogens is 428 g/mol. The van der Waals surface area contributed by atoms with Crippen molar-refractivity contribution in [3.63, 3.8) is 0 Å². The van der Waals surface area contributed by atoms with Gasteiger partial charge in [0.1, 0.15) is 6.54 Å². The molecule has 1 amide bonds. The van der Waals surface area contributed by atoms with Crippen LogP contribution < -0.4 is 9.62 Å². The molecule has 0 aliphatic rings. The molecule has 0 bridgehead atoms. The average molecular weight is 449 g/mol. The molecule has 0 saturated heterocycles. The number of hydrogen-bond acceptors (Lipinski definition) is 7. The zero-order chi connectivity index (χ0) is 20.9. The number of hydrogen-bond donors (Lipinski definition) is 1. The first-order chi connectivity index (χ1) is 13.8. The van der Waals surface area contributed by atoms with Gasteiger partial charge in [-0.3, -0.25) is 14.4 Å². The van der Waals surface area contributed by atoms with Gasteiger partial charge in [0.05, 0.1) is 11.9 Å². The second kappa shape index (κ2) is 9.38. The maximum atomic E-state index is 12.4. The summed E-state index contributed by atoms with van der Waals surface area (Å²) in [5.74, 6) is 0.269. The second-order valence-corrected chi connectivity index (χ2v) is 10.4. The Balaban J connectivity index is 1.61. The normalized spacial score (nSPS) is 11.2. The fraction of sp³-hybridized carbons (Fsp3) is 0.211.